The molecule has 4 nitrogen and oxygen atoms in total. The van der Waals surface area contributed by atoms with Crippen molar-refractivity contribution < 1.29 is 9.59 Å². The molecule has 2 amide bonds. The highest BCUT2D eigenvalue weighted by Crippen LogP contribution is 2.23. The van der Waals surface area contributed by atoms with E-state index in [0.717, 1.165) is 27.9 Å². The largest absolute Gasteiger partial charge is 0.345 e. The molecular weight excluding hydrogens is 396 g/mol. The third kappa shape index (κ3) is 4.76. The molecule has 0 spiro atoms. The molecule has 0 fully saturated rings. The van der Waals surface area contributed by atoms with Gasteiger partial charge in [0.05, 0.1) is 0 Å². The van der Waals surface area contributed by atoms with Crippen LogP contribution in [0.1, 0.15) is 20.7 Å². The maximum atomic E-state index is 12.6. The van der Waals surface area contributed by atoms with E-state index in [1.165, 1.54) is 0 Å². The molecule has 4 rings (SSSR count). The second-order valence-electron chi connectivity index (χ2n) is 7.75. The maximum absolute atomic E-state index is 12.6. The summed E-state index contributed by atoms with van der Waals surface area (Å²) in [6.45, 7) is 0. The number of benzene rings is 4. The fraction of sp³-hybridized carbons (Fsp3) is 0.0714. The molecule has 158 valence electrons. The number of hydrogen-bond donors (Lipinski definition) is 1. The van der Waals surface area contributed by atoms with E-state index in [-0.39, 0.29) is 11.8 Å². The molecule has 0 aliphatic heterocycles. The number of nitrogens with zero attached hydrogens (tertiary/aromatic N) is 1. The highest BCUT2D eigenvalue weighted by atomic mass is 16.2. The Balaban J connectivity index is 1.42. The zero-order valence-electron chi connectivity index (χ0n) is 18.1. The summed E-state index contributed by atoms with van der Waals surface area (Å²) in [5.74, 6) is -0.184. The van der Waals surface area contributed by atoms with Gasteiger partial charge < -0.3 is 10.2 Å². The summed E-state index contributed by atoms with van der Waals surface area (Å²) in [6.07, 6.45) is 0. The highest BCUT2D eigenvalue weighted by molar-refractivity contribution is 6.04. The first-order valence-electron chi connectivity index (χ1n) is 10.4. The summed E-state index contributed by atoms with van der Waals surface area (Å²) in [5.41, 5.74) is 6.20. The van der Waals surface area contributed by atoms with Crippen molar-refractivity contribution in [3.63, 3.8) is 0 Å². The SMILES string of the molecule is CN(C)C(=O)c1ccc(-c2ccc(C(=O)Nc3ccc(-c4ccccc4)cc3)cc2)cc1. The van der Waals surface area contributed by atoms with Crippen LogP contribution in [0.5, 0.6) is 0 Å². The van der Waals surface area contributed by atoms with Crippen LogP contribution in [-0.4, -0.2) is 30.8 Å². The molecule has 4 heteroatoms. The van der Waals surface area contributed by atoms with E-state index in [0.29, 0.717) is 11.1 Å². The summed E-state index contributed by atoms with van der Waals surface area (Å²) in [4.78, 5) is 26.2. The third-order valence-electron chi connectivity index (χ3n) is 5.27. The van der Waals surface area contributed by atoms with Gasteiger partial charge in [-0.1, -0.05) is 66.7 Å². The summed E-state index contributed by atoms with van der Waals surface area (Å²) in [5, 5.41) is 2.95. The van der Waals surface area contributed by atoms with Crippen LogP contribution in [0.15, 0.2) is 103 Å². The van der Waals surface area contributed by atoms with Crippen molar-refractivity contribution in [3.8, 4) is 22.3 Å². The van der Waals surface area contributed by atoms with Gasteiger partial charge >= 0.3 is 0 Å². The molecule has 0 heterocycles. The van der Waals surface area contributed by atoms with E-state index >= 15 is 0 Å². The minimum absolute atomic E-state index is 0.0274. The fourth-order valence-electron chi connectivity index (χ4n) is 3.46. The summed E-state index contributed by atoms with van der Waals surface area (Å²) >= 11 is 0. The van der Waals surface area contributed by atoms with Crippen LogP contribution in [0, 0.1) is 0 Å². The maximum Gasteiger partial charge on any atom is 0.255 e. The van der Waals surface area contributed by atoms with E-state index < -0.39 is 0 Å². The number of hydrogen-bond acceptors (Lipinski definition) is 2. The summed E-state index contributed by atoms with van der Waals surface area (Å²) in [6, 6.07) is 32.8. The van der Waals surface area contributed by atoms with Gasteiger partial charge in [0.15, 0.2) is 0 Å². The van der Waals surface area contributed by atoms with Gasteiger partial charge in [-0.05, 0) is 58.7 Å². The molecular formula is C28H24N2O2. The lowest BCUT2D eigenvalue weighted by molar-refractivity contribution is 0.0827. The molecule has 0 unspecified atom stereocenters. The van der Waals surface area contributed by atoms with E-state index in [9.17, 15) is 9.59 Å². The molecule has 4 aromatic carbocycles. The van der Waals surface area contributed by atoms with Crippen LogP contribution < -0.4 is 5.32 Å². The Hall–Kier alpha value is -4.18. The van der Waals surface area contributed by atoms with Crippen LogP contribution >= 0.6 is 0 Å². The zero-order valence-corrected chi connectivity index (χ0v) is 18.1. The Morgan fingerprint density at radius 2 is 1.00 bits per heavy atom. The lowest BCUT2D eigenvalue weighted by atomic mass is 10.0. The minimum atomic E-state index is -0.157. The van der Waals surface area contributed by atoms with Gasteiger partial charge in [-0.3, -0.25) is 9.59 Å². The number of amides is 2. The van der Waals surface area contributed by atoms with Crippen molar-refractivity contribution in [1.82, 2.24) is 4.90 Å². The van der Waals surface area contributed by atoms with Crippen LogP contribution in [0.3, 0.4) is 0 Å². The zero-order chi connectivity index (χ0) is 22.5. The van der Waals surface area contributed by atoms with Gasteiger partial charge in [0, 0.05) is 30.9 Å². The molecule has 32 heavy (non-hydrogen) atoms. The molecule has 0 aliphatic rings. The molecule has 0 saturated carbocycles. The normalized spacial score (nSPS) is 10.4. The number of carbonyl (C=O) groups excluding carboxylic acids is 2. The van der Waals surface area contributed by atoms with Gasteiger partial charge in [-0.25, -0.2) is 0 Å². The molecule has 0 aliphatic carbocycles. The summed E-state index contributed by atoms with van der Waals surface area (Å²) < 4.78 is 0. The van der Waals surface area contributed by atoms with E-state index in [1.807, 2.05) is 91.0 Å². The first-order valence-corrected chi connectivity index (χ1v) is 10.4. The second-order valence-corrected chi connectivity index (χ2v) is 7.75. The monoisotopic (exact) mass is 420 g/mol. The fourth-order valence-corrected chi connectivity index (χ4v) is 3.46. The quantitative estimate of drug-likeness (QED) is 0.432. The van der Waals surface area contributed by atoms with Crippen molar-refractivity contribution in [2.24, 2.45) is 0 Å². The first kappa shape index (κ1) is 21.1. The molecule has 0 bridgehead atoms. The predicted octanol–water partition coefficient (Wildman–Crippen LogP) is 5.97. The Morgan fingerprint density at radius 1 is 0.562 bits per heavy atom. The molecule has 1 N–H and O–H groups in total. The van der Waals surface area contributed by atoms with Crippen molar-refractivity contribution in [2.45, 2.75) is 0 Å². The second kappa shape index (κ2) is 9.31. The van der Waals surface area contributed by atoms with E-state index in [1.54, 1.807) is 19.0 Å². The van der Waals surface area contributed by atoms with Crippen molar-refractivity contribution in [1.29, 1.82) is 0 Å². The van der Waals surface area contributed by atoms with Gasteiger partial charge in [-0.15, -0.1) is 0 Å². The molecule has 0 atom stereocenters. The average Bonchev–Trinajstić information content (AvgIpc) is 2.85. The summed E-state index contributed by atoms with van der Waals surface area (Å²) in [7, 11) is 3.47. The Morgan fingerprint density at radius 3 is 1.50 bits per heavy atom. The van der Waals surface area contributed by atoms with Crippen LogP contribution in [0.25, 0.3) is 22.3 Å². The Labute approximate surface area is 188 Å². The van der Waals surface area contributed by atoms with Crippen LogP contribution in [0.4, 0.5) is 5.69 Å². The number of nitrogens with one attached hydrogen (secondary N) is 1. The van der Waals surface area contributed by atoms with E-state index in [2.05, 4.69) is 17.4 Å². The number of rotatable bonds is 5. The highest BCUT2D eigenvalue weighted by Gasteiger charge is 2.09. The average molecular weight is 421 g/mol. The number of carbonyl (C=O) groups is 2. The van der Waals surface area contributed by atoms with Gasteiger partial charge in [0.25, 0.3) is 11.8 Å². The van der Waals surface area contributed by atoms with Gasteiger partial charge in [0.2, 0.25) is 0 Å². The first-order chi connectivity index (χ1) is 15.5. The van der Waals surface area contributed by atoms with Crippen molar-refractivity contribution in [2.75, 3.05) is 19.4 Å². The third-order valence-corrected chi connectivity index (χ3v) is 5.27. The van der Waals surface area contributed by atoms with E-state index in [4.69, 9.17) is 0 Å². The molecule has 4 aromatic rings. The van der Waals surface area contributed by atoms with Gasteiger partial charge in [-0.2, -0.15) is 0 Å². The van der Waals surface area contributed by atoms with Crippen LogP contribution in [-0.2, 0) is 0 Å². The molecule has 0 aromatic heterocycles. The minimum Gasteiger partial charge on any atom is -0.345 e. The van der Waals surface area contributed by atoms with Crippen molar-refractivity contribution in [3.05, 3.63) is 114 Å². The standard InChI is InChI=1S/C28H24N2O2/c1-30(2)28(32)25-14-10-22(11-15-25)21-8-12-24(13-9-21)27(31)29-26-18-16-23(17-19-26)20-6-4-3-5-7-20/h3-19H,1-2H3,(H,29,31). The number of anilines is 1. The smallest absolute Gasteiger partial charge is 0.255 e. The van der Waals surface area contributed by atoms with Gasteiger partial charge in [0.1, 0.15) is 0 Å². The lowest BCUT2D eigenvalue weighted by Crippen LogP contribution is -2.21. The Kier molecular flexibility index (Phi) is 6.13. The van der Waals surface area contributed by atoms with Crippen LogP contribution in [0.2, 0.25) is 0 Å². The van der Waals surface area contributed by atoms with Crippen molar-refractivity contribution >= 4 is 17.5 Å². The molecule has 0 saturated heterocycles. The Bertz CT molecular complexity index is 1210. The predicted molar refractivity (Wildman–Crippen MR) is 130 cm³/mol. The lowest BCUT2D eigenvalue weighted by Gasteiger charge is -2.11. The molecule has 0 radical (unpaired) electrons. The topological polar surface area (TPSA) is 49.4 Å².